The summed E-state index contributed by atoms with van der Waals surface area (Å²) in [7, 11) is 1.27. The van der Waals surface area contributed by atoms with E-state index in [1.54, 1.807) is 30.9 Å². The summed E-state index contributed by atoms with van der Waals surface area (Å²) in [4.78, 5) is 56.8. The lowest BCUT2D eigenvalue weighted by molar-refractivity contribution is -0.132. The Hall–Kier alpha value is -3.50. The van der Waals surface area contributed by atoms with Crippen LogP contribution in [0.5, 0.6) is 5.75 Å². The number of ether oxygens (including phenoxy) is 3. The fraction of sp³-hybridized carbons (Fsp3) is 0.655. The first kappa shape index (κ1) is 31.0. The Kier molecular flexibility index (Phi) is 9.26. The SMILES string of the molecule is COC(=O)NCCN1C(=O)C(C)(C)Oc2cc(C)c(C(=O)N(C(C)C)[C@@H]3CCCN(C(=O)OC(C)(C)C)C3)cc21. The number of aryl methyl sites for hydroxylation is 1. The summed E-state index contributed by atoms with van der Waals surface area (Å²) < 4.78 is 16.3. The van der Waals surface area contributed by atoms with Gasteiger partial charge in [-0.1, -0.05) is 0 Å². The monoisotopic (exact) mass is 560 g/mol. The van der Waals surface area contributed by atoms with Gasteiger partial charge in [-0.25, -0.2) is 9.59 Å². The number of anilines is 1. The Morgan fingerprint density at radius 3 is 2.50 bits per heavy atom. The molecule has 222 valence electrons. The summed E-state index contributed by atoms with van der Waals surface area (Å²) in [6.45, 7) is 15.9. The molecule has 11 heteroatoms. The van der Waals surface area contributed by atoms with Crippen LogP contribution in [0.3, 0.4) is 0 Å². The molecule has 1 N–H and O–H groups in total. The average molecular weight is 561 g/mol. The summed E-state index contributed by atoms with van der Waals surface area (Å²) in [5.74, 6) is 0.0211. The smallest absolute Gasteiger partial charge is 0.410 e. The zero-order chi connectivity index (χ0) is 30.0. The number of amides is 4. The van der Waals surface area contributed by atoms with Crippen molar-refractivity contribution in [1.29, 1.82) is 0 Å². The molecular formula is C29H44N4O7. The van der Waals surface area contributed by atoms with Crippen LogP contribution in [0.25, 0.3) is 0 Å². The van der Waals surface area contributed by atoms with Crippen LogP contribution in [0.2, 0.25) is 0 Å². The molecule has 1 aromatic carbocycles. The van der Waals surface area contributed by atoms with Crippen molar-refractivity contribution in [2.24, 2.45) is 0 Å². The zero-order valence-electron chi connectivity index (χ0n) is 25.3. The lowest BCUT2D eigenvalue weighted by Crippen LogP contribution is -2.55. The number of benzene rings is 1. The third-order valence-electron chi connectivity index (χ3n) is 6.98. The molecule has 0 aliphatic carbocycles. The Bertz CT molecular complexity index is 1140. The Balaban J connectivity index is 1.92. The molecule has 1 fully saturated rings. The van der Waals surface area contributed by atoms with E-state index < -0.39 is 17.3 Å². The molecule has 3 rings (SSSR count). The second-order valence-electron chi connectivity index (χ2n) is 12.2. The van der Waals surface area contributed by atoms with Gasteiger partial charge in [-0.2, -0.15) is 0 Å². The van der Waals surface area contributed by atoms with Crippen molar-refractivity contribution in [2.45, 2.75) is 91.5 Å². The fourth-order valence-electron chi connectivity index (χ4n) is 5.15. The second kappa shape index (κ2) is 11.9. The van der Waals surface area contributed by atoms with Crippen molar-refractivity contribution in [3.05, 3.63) is 23.3 Å². The van der Waals surface area contributed by atoms with E-state index in [4.69, 9.17) is 9.47 Å². The van der Waals surface area contributed by atoms with E-state index in [0.29, 0.717) is 35.7 Å². The third-order valence-corrected chi connectivity index (χ3v) is 6.98. The van der Waals surface area contributed by atoms with Crippen LogP contribution in [0.4, 0.5) is 15.3 Å². The number of nitrogens with zero attached hydrogens (tertiary/aromatic N) is 3. The number of piperidine rings is 1. The lowest BCUT2D eigenvalue weighted by atomic mass is 9.97. The van der Waals surface area contributed by atoms with E-state index >= 15 is 0 Å². The van der Waals surface area contributed by atoms with Crippen molar-refractivity contribution in [3.8, 4) is 5.75 Å². The number of methoxy groups -OCH3 is 1. The van der Waals surface area contributed by atoms with E-state index in [2.05, 4.69) is 10.1 Å². The van der Waals surface area contributed by atoms with Crippen molar-refractivity contribution < 1.29 is 33.4 Å². The highest BCUT2D eigenvalue weighted by Gasteiger charge is 2.42. The molecule has 2 aliphatic rings. The van der Waals surface area contributed by atoms with E-state index in [9.17, 15) is 19.2 Å². The first-order valence-corrected chi connectivity index (χ1v) is 13.8. The Labute approximate surface area is 237 Å². The average Bonchev–Trinajstić information content (AvgIpc) is 2.84. The number of likely N-dealkylation sites (tertiary alicyclic amines) is 1. The maximum absolute atomic E-state index is 14.1. The first-order chi connectivity index (χ1) is 18.6. The van der Waals surface area contributed by atoms with Crippen LogP contribution in [-0.2, 0) is 14.3 Å². The predicted octanol–water partition coefficient (Wildman–Crippen LogP) is 4.11. The van der Waals surface area contributed by atoms with Gasteiger partial charge in [0.15, 0.2) is 5.60 Å². The minimum Gasteiger partial charge on any atom is -0.476 e. The third kappa shape index (κ3) is 6.98. The molecule has 1 atom stereocenters. The van der Waals surface area contributed by atoms with Crippen molar-refractivity contribution in [2.75, 3.05) is 38.2 Å². The molecule has 2 heterocycles. The van der Waals surface area contributed by atoms with E-state index in [0.717, 1.165) is 12.8 Å². The maximum atomic E-state index is 14.1. The molecule has 0 radical (unpaired) electrons. The van der Waals surface area contributed by atoms with Crippen LogP contribution in [-0.4, -0.2) is 90.4 Å². The predicted molar refractivity (Wildman–Crippen MR) is 151 cm³/mol. The minimum atomic E-state index is -1.12. The number of carbonyl (C=O) groups excluding carboxylic acids is 4. The number of carbonyl (C=O) groups is 4. The van der Waals surface area contributed by atoms with Gasteiger partial charge in [0.1, 0.15) is 11.4 Å². The quantitative estimate of drug-likeness (QED) is 0.557. The van der Waals surface area contributed by atoms with E-state index in [-0.39, 0.29) is 43.1 Å². The molecule has 4 amide bonds. The van der Waals surface area contributed by atoms with Gasteiger partial charge >= 0.3 is 12.2 Å². The van der Waals surface area contributed by atoms with Gasteiger partial charge in [0.25, 0.3) is 11.8 Å². The molecule has 0 aromatic heterocycles. The molecule has 0 unspecified atom stereocenters. The highest BCUT2D eigenvalue weighted by molar-refractivity contribution is 6.05. The largest absolute Gasteiger partial charge is 0.476 e. The molecule has 1 saturated heterocycles. The van der Waals surface area contributed by atoms with Gasteiger partial charge < -0.3 is 34.2 Å². The Morgan fingerprint density at radius 2 is 1.90 bits per heavy atom. The van der Waals surface area contributed by atoms with Crippen LogP contribution in [0, 0.1) is 6.92 Å². The summed E-state index contributed by atoms with van der Waals surface area (Å²) in [6.07, 6.45) is 0.532. The first-order valence-electron chi connectivity index (χ1n) is 13.8. The fourth-order valence-corrected chi connectivity index (χ4v) is 5.15. The minimum absolute atomic E-state index is 0.135. The number of nitrogens with one attached hydrogen (secondary N) is 1. The molecule has 0 saturated carbocycles. The Morgan fingerprint density at radius 1 is 1.23 bits per heavy atom. The molecule has 0 spiro atoms. The van der Waals surface area contributed by atoms with Gasteiger partial charge in [0.05, 0.1) is 18.8 Å². The van der Waals surface area contributed by atoms with Crippen LogP contribution in [0.15, 0.2) is 12.1 Å². The molecule has 0 bridgehead atoms. The van der Waals surface area contributed by atoms with Gasteiger partial charge in [-0.15, -0.1) is 0 Å². The number of hydrogen-bond donors (Lipinski definition) is 1. The standard InChI is InChI=1S/C29H44N4O7/c1-18(2)33(20-11-10-13-31(17-20)27(37)40-28(4,5)6)24(34)21-16-22-23(15-19(21)3)39-29(7,8)25(35)32(22)14-12-30-26(36)38-9/h15-16,18,20H,10-14,17H2,1-9H3,(H,30,36)/t20-/m1/s1. The number of alkyl carbamates (subject to hydrolysis) is 1. The van der Waals surface area contributed by atoms with Crippen molar-refractivity contribution >= 4 is 29.7 Å². The summed E-state index contributed by atoms with van der Waals surface area (Å²) in [5, 5.41) is 2.60. The molecule has 1 aromatic rings. The summed E-state index contributed by atoms with van der Waals surface area (Å²) in [5.41, 5.74) is -0.0964. The topological polar surface area (TPSA) is 118 Å². The van der Waals surface area contributed by atoms with E-state index in [1.165, 1.54) is 12.0 Å². The van der Waals surface area contributed by atoms with Gasteiger partial charge in [-0.05, 0) is 85.9 Å². The summed E-state index contributed by atoms with van der Waals surface area (Å²) in [6, 6.07) is 3.15. The highest BCUT2D eigenvalue weighted by Crippen LogP contribution is 2.40. The number of rotatable bonds is 6. The number of fused-ring (bicyclic) bond motifs is 1. The highest BCUT2D eigenvalue weighted by atomic mass is 16.6. The summed E-state index contributed by atoms with van der Waals surface area (Å²) >= 11 is 0. The van der Waals surface area contributed by atoms with Gasteiger partial charge in [-0.3, -0.25) is 9.59 Å². The molecule has 2 aliphatic heterocycles. The van der Waals surface area contributed by atoms with E-state index in [1.807, 2.05) is 46.4 Å². The van der Waals surface area contributed by atoms with Gasteiger partial charge in [0, 0.05) is 37.8 Å². The van der Waals surface area contributed by atoms with Crippen molar-refractivity contribution in [1.82, 2.24) is 15.1 Å². The van der Waals surface area contributed by atoms with Crippen LogP contribution < -0.4 is 15.0 Å². The van der Waals surface area contributed by atoms with Crippen LogP contribution in [0.1, 0.15) is 77.2 Å². The molecular weight excluding hydrogens is 516 g/mol. The van der Waals surface area contributed by atoms with Crippen molar-refractivity contribution in [3.63, 3.8) is 0 Å². The lowest BCUT2D eigenvalue weighted by Gasteiger charge is -2.42. The maximum Gasteiger partial charge on any atom is 0.410 e. The zero-order valence-corrected chi connectivity index (χ0v) is 25.3. The van der Waals surface area contributed by atoms with Gasteiger partial charge in [0.2, 0.25) is 0 Å². The van der Waals surface area contributed by atoms with Crippen LogP contribution >= 0.6 is 0 Å². The normalized spacial score (nSPS) is 18.6. The number of hydrogen-bond acceptors (Lipinski definition) is 7. The molecule has 11 nitrogen and oxygen atoms in total. The second-order valence-corrected chi connectivity index (χ2v) is 12.2. The molecule has 40 heavy (non-hydrogen) atoms.